The Balaban J connectivity index is 1.25. The van der Waals surface area contributed by atoms with Crippen LogP contribution in [-0.4, -0.2) is 58.2 Å². The standard InChI is InChI=1S/C27H29N5O2S/c1-19-7-5-8-20(2)25(19)28-24(33)17-30-12-14-31(15-13-30)18-32-27(34)22-10-4-3-9-21(22)26(29-32)23-11-6-16-35-23/h3-11,16H,12-15,17-18H2,1-2H3,(H,28,33). The van der Waals surface area contributed by atoms with E-state index < -0.39 is 0 Å². The first-order valence-electron chi connectivity index (χ1n) is 11.8. The molecule has 8 heteroatoms. The number of anilines is 1. The first-order chi connectivity index (χ1) is 17.0. The molecule has 0 radical (unpaired) electrons. The molecule has 3 heterocycles. The van der Waals surface area contributed by atoms with Crippen LogP contribution in [0.2, 0.25) is 0 Å². The van der Waals surface area contributed by atoms with Crippen molar-refractivity contribution in [2.75, 3.05) is 38.0 Å². The number of nitrogens with one attached hydrogen (secondary N) is 1. The van der Waals surface area contributed by atoms with Gasteiger partial charge >= 0.3 is 0 Å². The van der Waals surface area contributed by atoms with Gasteiger partial charge in [-0.2, -0.15) is 5.10 Å². The first kappa shape index (κ1) is 23.4. The molecular formula is C27H29N5O2S. The summed E-state index contributed by atoms with van der Waals surface area (Å²) in [5, 5.41) is 11.4. The van der Waals surface area contributed by atoms with E-state index in [2.05, 4.69) is 15.1 Å². The van der Waals surface area contributed by atoms with E-state index in [-0.39, 0.29) is 11.5 Å². The predicted octanol–water partition coefficient (Wildman–Crippen LogP) is 3.96. The van der Waals surface area contributed by atoms with Crippen LogP contribution in [0.5, 0.6) is 0 Å². The Morgan fingerprint density at radius 1 is 0.914 bits per heavy atom. The fourth-order valence-corrected chi connectivity index (χ4v) is 5.32. The van der Waals surface area contributed by atoms with E-state index in [0.717, 1.165) is 59.0 Å². The van der Waals surface area contributed by atoms with E-state index in [4.69, 9.17) is 5.10 Å². The lowest BCUT2D eigenvalue weighted by Crippen LogP contribution is -2.49. The fourth-order valence-electron chi connectivity index (χ4n) is 4.60. The van der Waals surface area contributed by atoms with Crippen LogP contribution >= 0.6 is 11.3 Å². The second-order valence-electron chi connectivity index (χ2n) is 9.03. The Morgan fingerprint density at radius 2 is 1.60 bits per heavy atom. The highest BCUT2D eigenvalue weighted by Crippen LogP contribution is 2.28. The third kappa shape index (κ3) is 5.05. The minimum Gasteiger partial charge on any atom is -0.324 e. The number of aryl methyl sites for hydroxylation is 2. The summed E-state index contributed by atoms with van der Waals surface area (Å²) in [6.45, 7) is 7.88. The van der Waals surface area contributed by atoms with Gasteiger partial charge in [0.05, 0.1) is 23.5 Å². The second kappa shape index (κ2) is 10.1. The van der Waals surface area contributed by atoms with Gasteiger partial charge in [-0.1, -0.05) is 42.5 Å². The van der Waals surface area contributed by atoms with Crippen molar-refractivity contribution in [2.45, 2.75) is 20.5 Å². The normalized spacial score (nSPS) is 14.9. The van der Waals surface area contributed by atoms with Crippen LogP contribution in [0.3, 0.4) is 0 Å². The number of carbonyl (C=O) groups is 1. The maximum absolute atomic E-state index is 13.2. The van der Waals surface area contributed by atoms with E-state index in [0.29, 0.717) is 18.6 Å². The largest absolute Gasteiger partial charge is 0.324 e. The number of piperazine rings is 1. The molecule has 0 saturated carbocycles. The number of hydrogen-bond donors (Lipinski definition) is 1. The summed E-state index contributed by atoms with van der Waals surface area (Å²) in [4.78, 5) is 31.3. The van der Waals surface area contributed by atoms with Crippen molar-refractivity contribution in [3.05, 3.63) is 81.5 Å². The summed E-state index contributed by atoms with van der Waals surface area (Å²) in [6, 6.07) is 17.7. The van der Waals surface area contributed by atoms with Crippen LogP contribution in [-0.2, 0) is 11.5 Å². The summed E-state index contributed by atoms with van der Waals surface area (Å²) in [5.41, 5.74) is 3.81. The van der Waals surface area contributed by atoms with E-state index in [1.165, 1.54) is 0 Å². The molecular weight excluding hydrogens is 458 g/mol. The Kier molecular flexibility index (Phi) is 6.77. The molecule has 4 aromatic rings. The van der Waals surface area contributed by atoms with Crippen LogP contribution in [0, 0.1) is 13.8 Å². The molecule has 2 aromatic heterocycles. The van der Waals surface area contributed by atoms with Gasteiger partial charge < -0.3 is 5.32 Å². The number of rotatable bonds is 6. The van der Waals surface area contributed by atoms with Gasteiger partial charge in [-0.25, -0.2) is 4.68 Å². The van der Waals surface area contributed by atoms with Gasteiger partial charge in [0.15, 0.2) is 0 Å². The molecule has 1 aliphatic heterocycles. The highest BCUT2D eigenvalue weighted by molar-refractivity contribution is 7.13. The minimum absolute atomic E-state index is 0.00357. The van der Waals surface area contributed by atoms with Crippen LogP contribution in [0.1, 0.15) is 11.1 Å². The van der Waals surface area contributed by atoms with Crippen molar-refractivity contribution in [3.63, 3.8) is 0 Å². The number of thiophene rings is 1. The number of benzene rings is 2. The monoisotopic (exact) mass is 487 g/mol. The van der Waals surface area contributed by atoms with Gasteiger partial charge in [0.2, 0.25) is 5.91 Å². The van der Waals surface area contributed by atoms with Gasteiger partial charge in [0, 0.05) is 37.3 Å². The smallest absolute Gasteiger partial charge is 0.275 e. The topological polar surface area (TPSA) is 70.5 Å². The maximum atomic E-state index is 13.2. The number of hydrogen-bond acceptors (Lipinski definition) is 6. The van der Waals surface area contributed by atoms with E-state index in [1.54, 1.807) is 16.0 Å². The number of nitrogens with zero attached hydrogens (tertiary/aromatic N) is 4. The zero-order valence-corrected chi connectivity index (χ0v) is 20.8. The number of fused-ring (bicyclic) bond motifs is 1. The van der Waals surface area contributed by atoms with Crippen molar-refractivity contribution in [2.24, 2.45) is 0 Å². The van der Waals surface area contributed by atoms with Crippen molar-refractivity contribution in [1.82, 2.24) is 19.6 Å². The molecule has 7 nitrogen and oxygen atoms in total. The van der Waals surface area contributed by atoms with Crippen molar-refractivity contribution >= 4 is 33.7 Å². The summed E-state index contributed by atoms with van der Waals surface area (Å²) >= 11 is 1.62. The molecule has 1 saturated heterocycles. The Bertz CT molecular complexity index is 1380. The number of carbonyl (C=O) groups excluding carboxylic acids is 1. The first-order valence-corrected chi connectivity index (χ1v) is 12.7. The van der Waals surface area contributed by atoms with Gasteiger partial charge in [-0.15, -0.1) is 11.3 Å². The average Bonchev–Trinajstić information content (AvgIpc) is 3.39. The Morgan fingerprint density at radius 3 is 2.29 bits per heavy atom. The molecule has 0 unspecified atom stereocenters. The third-order valence-corrected chi connectivity index (χ3v) is 7.41. The molecule has 35 heavy (non-hydrogen) atoms. The van der Waals surface area contributed by atoms with E-state index in [1.807, 2.05) is 73.8 Å². The number of amides is 1. The van der Waals surface area contributed by atoms with E-state index in [9.17, 15) is 9.59 Å². The highest BCUT2D eigenvalue weighted by Gasteiger charge is 2.21. The van der Waals surface area contributed by atoms with Gasteiger partial charge in [-0.05, 0) is 42.5 Å². The maximum Gasteiger partial charge on any atom is 0.275 e. The van der Waals surface area contributed by atoms with Gasteiger partial charge in [0.1, 0.15) is 5.69 Å². The lowest BCUT2D eigenvalue weighted by molar-refractivity contribution is -0.117. The summed E-state index contributed by atoms with van der Waals surface area (Å²) < 4.78 is 1.58. The predicted molar refractivity (Wildman–Crippen MR) is 142 cm³/mol. The molecule has 0 atom stereocenters. The van der Waals surface area contributed by atoms with Crippen molar-refractivity contribution in [3.8, 4) is 10.6 Å². The average molecular weight is 488 g/mol. The Labute approximate surface area is 208 Å². The lowest BCUT2D eigenvalue weighted by atomic mass is 10.1. The molecule has 1 aliphatic rings. The lowest BCUT2D eigenvalue weighted by Gasteiger charge is -2.34. The second-order valence-corrected chi connectivity index (χ2v) is 9.97. The van der Waals surface area contributed by atoms with Crippen LogP contribution in [0.4, 0.5) is 5.69 Å². The number of para-hydroxylation sites is 1. The summed E-state index contributed by atoms with van der Waals surface area (Å²) in [6.07, 6.45) is 0. The summed E-state index contributed by atoms with van der Waals surface area (Å²) in [5.74, 6) is 0.00357. The zero-order valence-electron chi connectivity index (χ0n) is 20.0. The van der Waals surface area contributed by atoms with Crippen LogP contribution in [0.15, 0.2) is 64.8 Å². The fraction of sp³-hybridized carbons (Fsp3) is 0.296. The minimum atomic E-state index is -0.0729. The third-order valence-electron chi connectivity index (χ3n) is 6.53. The Hall–Kier alpha value is -3.33. The van der Waals surface area contributed by atoms with Gasteiger partial charge in [-0.3, -0.25) is 19.4 Å². The summed E-state index contributed by atoms with van der Waals surface area (Å²) in [7, 11) is 0. The molecule has 1 N–H and O–H groups in total. The zero-order chi connectivity index (χ0) is 24.4. The van der Waals surface area contributed by atoms with Crippen molar-refractivity contribution < 1.29 is 4.79 Å². The highest BCUT2D eigenvalue weighted by atomic mass is 32.1. The molecule has 0 bridgehead atoms. The molecule has 180 valence electrons. The van der Waals surface area contributed by atoms with Crippen LogP contribution < -0.4 is 10.9 Å². The number of aromatic nitrogens is 2. The molecule has 1 amide bonds. The molecule has 0 spiro atoms. The SMILES string of the molecule is Cc1cccc(C)c1NC(=O)CN1CCN(Cn2nc(-c3cccs3)c3ccccc3c2=O)CC1. The van der Waals surface area contributed by atoms with Crippen molar-refractivity contribution in [1.29, 1.82) is 0 Å². The van der Waals surface area contributed by atoms with E-state index >= 15 is 0 Å². The van der Waals surface area contributed by atoms with Crippen LogP contribution in [0.25, 0.3) is 21.3 Å². The molecule has 5 rings (SSSR count). The quantitative estimate of drug-likeness (QED) is 0.446. The molecule has 1 fully saturated rings. The molecule has 2 aromatic carbocycles. The molecule has 0 aliphatic carbocycles. The van der Waals surface area contributed by atoms with Gasteiger partial charge in [0.25, 0.3) is 5.56 Å².